The van der Waals surface area contributed by atoms with Crippen LogP contribution in [0.25, 0.3) is 0 Å². The van der Waals surface area contributed by atoms with Gasteiger partial charge in [0.1, 0.15) is 5.75 Å². The molecule has 114 valence electrons. The van der Waals surface area contributed by atoms with Gasteiger partial charge in [-0.2, -0.15) is 0 Å². The van der Waals surface area contributed by atoms with Gasteiger partial charge in [-0.05, 0) is 31.2 Å². The van der Waals surface area contributed by atoms with Crippen molar-refractivity contribution in [2.24, 2.45) is 0 Å². The van der Waals surface area contributed by atoms with Crippen LogP contribution in [0, 0.1) is 0 Å². The minimum atomic E-state index is -0.252. The number of hydrogen-bond donors (Lipinski definition) is 3. The SMILES string of the molecule is CCOc1ccc(NC(=O)CNC(=O)C2CSCN2)cc1. The van der Waals surface area contributed by atoms with Gasteiger partial charge in [-0.25, -0.2) is 0 Å². The predicted molar refractivity (Wildman–Crippen MR) is 83.5 cm³/mol. The molecule has 2 rings (SSSR count). The van der Waals surface area contributed by atoms with Gasteiger partial charge in [-0.3, -0.25) is 14.9 Å². The Kier molecular flexibility index (Phi) is 5.89. The lowest BCUT2D eigenvalue weighted by atomic mass is 10.3. The summed E-state index contributed by atoms with van der Waals surface area (Å²) in [4.78, 5) is 23.5. The summed E-state index contributed by atoms with van der Waals surface area (Å²) in [5.41, 5.74) is 0.673. The third-order valence-electron chi connectivity index (χ3n) is 2.91. The van der Waals surface area contributed by atoms with Crippen molar-refractivity contribution < 1.29 is 14.3 Å². The lowest BCUT2D eigenvalue weighted by molar-refractivity contribution is -0.125. The molecule has 1 aromatic carbocycles. The molecule has 0 spiro atoms. The van der Waals surface area contributed by atoms with Crippen LogP contribution in [0.2, 0.25) is 0 Å². The van der Waals surface area contributed by atoms with Gasteiger partial charge in [0.15, 0.2) is 0 Å². The molecular formula is C14H19N3O3S. The van der Waals surface area contributed by atoms with Gasteiger partial charge in [-0.1, -0.05) is 0 Å². The van der Waals surface area contributed by atoms with Gasteiger partial charge in [0.25, 0.3) is 0 Å². The number of thioether (sulfide) groups is 1. The molecule has 1 aliphatic heterocycles. The van der Waals surface area contributed by atoms with Crippen LogP contribution in [0.1, 0.15) is 6.92 Å². The van der Waals surface area contributed by atoms with Gasteiger partial charge in [0.05, 0.1) is 19.2 Å². The monoisotopic (exact) mass is 309 g/mol. The van der Waals surface area contributed by atoms with Crippen molar-refractivity contribution in [1.29, 1.82) is 0 Å². The van der Waals surface area contributed by atoms with Crippen LogP contribution in [-0.4, -0.2) is 42.6 Å². The summed E-state index contributed by atoms with van der Waals surface area (Å²) in [6, 6.07) is 6.90. The van der Waals surface area contributed by atoms with Crippen molar-refractivity contribution in [3.05, 3.63) is 24.3 Å². The minimum absolute atomic E-state index is 0.0328. The summed E-state index contributed by atoms with van der Waals surface area (Å²) in [5, 5.41) is 8.40. The molecule has 1 fully saturated rings. The van der Waals surface area contributed by atoms with E-state index in [4.69, 9.17) is 4.74 Å². The predicted octanol–water partition coefficient (Wildman–Crippen LogP) is 0.802. The van der Waals surface area contributed by atoms with Crippen molar-refractivity contribution in [1.82, 2.24) is 10.6 Å². The van der Waals surface area contributed by atoms with Crippen LogP contribution in [0.4, 0.5) is 5.69 Å². The Labute approximate surface area is 128 Å². The summed E-state index contributed by atoms with van der Waals surface area (Å²) in [6.45, 7) is 2.48. The molecule has 21 heavy (non-hydrogen) atoms. The number of carbonyl (C=O) groups excluding carboxylic acids is 2. The van der Waals surface area contributed by atoms with E-state index in [0.29, 0.717) is 12.3 Å². The first-order valence-corrected chi connectivity index (χ1v) is 7.96. The van der Waals surface area contributed by atoms with E-state index in [-0.39, 0.29) is 24.4 Å². The highest BCUT2D eigenvalue weighted by Crippen LogP contribution is 2.15. The smallest absolute Gasteiger partial charge is 0.243 e. The van der Waals surface area contributed by atoms with E-state index in [9.17, 15) is 9.59 Å². The summed E-state index contributed by atoms with van der Waals surface area (Å²) in [7, 11) is 0. The van der Waals surface area contributed by atoms with E-state index in [2.05, 4.69) is 16.0 Å². The first kappa shape index (κ1) is 15.7. The van der Waals surface area contributed by atoms with Crippen molar-refractivity contribution in [2.75, 3.05) is 30.1 Å². The molecule has 2 amide bonds. The molecule has 1 unspecified atom stereocenters. The number of benzene rings is 1. The Hall–Kier alpha value is -1.73. The quantitative estimate of drug-likeness (QED) is 0.724. The number of anilines is 1. The third kappa shape index (κ3) is 4.95. The van der Waals surface area contributed by atoms with Crippen molar-refractivity contribution in [3.8, 4) is 5.75 Å². The second-order valence-electron chi connectivity index (χ2n) is 4.50. The molecule has 1 aromatic rings. The highest BCUT2D eigenvalue weighted by molar-refractivity contribution is 7.99. The summed E-state index contributed by atoms with van der Waals surface area (Å²) < 4.78 is 5.32. The standard InChI is InChI=1S/C14H19N3O3S/c1-2-20-11-5-3-10(4-6-11)17-13(18)7-15-14(19)12-8-21-9-16-12/h3-6,12,16H,2,7-9H2,1H3,(H,15,19)(H,17,18). The van der Waals surface area contributed by atoms with Crippen molar-refractivity contribution in [2.45, 2.75) is 13.0 Å². The van der Waals surface area contributed by atoms with Gasteiger partial charge < -0.3 is 15.4 Å². The van der Waals surface area contributed by atoms with E-state index in [0.717, 1.165) is 17.4 Å². The molecule has 1 aliphatic rings. The number of ether oxygens (including phenoxy) is 1. The molecule has 0 saturated carbocycles. The zero-order valence-electron chi connectivity index (χ0n) is 11.8. The summed E-state index contributed by atoms with van der Waals surface area (Å²) in [6.07, 6.45) is 0. The van der Waals surface area contributed by atoms with E-state index >= 15 is 0 Å². The number of carbonyl (C=O) groups is 2. The minimum Gasteiger partial charge on any atom is -0.494 e. The average molecular weight is 309 g/mol. The van der Waals surface area contributed by atoms with Gasteiger partial charge >= 0.3 is 0 Å². The fourth-order valence-corrected chi connectivity index (χ4v) is 2.80. The van der Waals surface area contributed by atoms with Crippen LogP contribution >= 0.6 is 11.8 Å². The van der Waals surface area contributed by atoms with Crippen molar-refractivity contribution in [3.63, 3.8) is 0 Å². The molecule has 0 bridgehead atoms. The third-order valence-corrected chi connectivity index (χ3v) is 3.84. The van der Waals surface area contributed by atoms with Gasteiger partial charge in [0, 0.05) is 17.3 Å². The molecule has 0 radical (unpaired) electrons. The summed E-state index contributed by atoms with van der Waals surface area (Å²) in [5.74, 6) is 1.89. The molecule has 7 heteroatoms. The number of hydrogen-bond acceptors (Lipinski definition) is 5. The van der Waals surface area contributed by atoms with Crippen LogP contribution in [-0.2, 0) is 9.59 Å². The molecule has 6 nitrogen and oxygen atoms in total. The first-order chi connectivity index (χ1) is 10.2. The fourth-order valence-electron chi connectivity index (χ4n) is 1.86. The second-order valence-corrected chi connectivity index (χ2v) is 5.53. The normalized spacial score (nSPS) is 17.3. The number of amides is 2. The maximum Gasteiger partial charge on any atom is 0.243 e. The van der Waals surface area contributed by atoms with Crippen LogP contribution < -0.4 is 20.7 Å². The molecule has 3 N–H and O–H groups in total. The number of nitrogens with one attached hydrogen (secondary N) is 3. The van der Waals surface area contributed by atoms with Gasteiger partial charge in [0.2, 0.25) is 11.8 Å². The lowest BCUT2D eigenvalue weighted by Gasteiger charge is -2.11. The van der Waals surface area contributed by atoms with E-state index in [1.54, 1.807) is 36.0 Å². The Balaban J connectivity index is 1.74. The first-order valence-electron chi connectivity index (χ1n) is 6.80. The van der Waals surface area contributed by atoms with Crippen LogP contribution in [0.5, 0.6) is 5.75 Å². The zero-order valence-corrected chi connectivity index (χ0v) is 12.7. The van der Waals surface area contributed by atoms with E-state index < -0.39 is 0 Å². The molecular weight excluding hydrogens is 290 g/mol. The zero-order chi connectivity index (χ0) is 15.1. The fraction of sp³-hybridized carbons (Fsp3) is 0.429. The Morgan fingerprint density at radius 3 is 2.76 bits per heavy atom. The van der Waals surface area contributed by atoms with E-state index in [1.807, 2.05) is 6.92 Å². The lowest BCUT2D eigenvalue weighted by Crippen LogP contribution is -2.44. The Bertz CT molecular complexity index is 487. The Morgan fingerprint density at radius 1 is 1.38 bits per heavy atom. The maximum atomic E-state index is 11.8. The highest BCUT2D eigenvalue weighted by Gasteiger charge is 2.22. The second kappa shape index (κ2) is 7.90. The molecule has 0 aliphatic carbocycles. The highest BCUT2D eigenvalue weighted by atomic mass is 32.2. The van der Waals surface area contributed by atoms with Crippen molar-refractivity contribution >= 4 is 29.3 Å². The largest absolute Gasteiger partial charge is 0.494 e. The molecule has 1 saturated heterocycles. The number of rotatable bonds is 6. The average Bonchev–Trinajstić information content (AvgIpc) is 3.01. The maximum absolute atomic E-state index is 11.8. The summed E-state index contributed by atoms with van der Waals surface area (Å²) >= 11 is 1.67. The van der Waals surface area contributed by atoms with E-state index in [1.165, 1.54) is 0 Å². The van der Waals surface area contributed by atoms with Crippen LogP contribution in [0.3, 0.4) is 0 Å². The molecule has 1 heterocycles. The molecule has 0 aromatic heterocycles. The topological polar surface area (TPSA) is 79.5 Å². The molecule has 1 atom stereocenters. The Morgan fingerprint density at radius 2 is 2.14 bits per heavy atom. The van der Waals surface area contributed by atoms with Crippen LogP contribution in [0.15, 0.2) is 24.3 Å². The van der Waals surface area contributed by atoms with Gasteiger partial charge in [-0.15, -0.1) is 11.8 Å².